The normalized spacial score (nSPS) is 24.6. The zero-order chi connectivity index (χ0) is 20.8. The van der Waals surface area contributed by atoms with Gasteiger partial charge in [0.1, 0.15) is 29.3 Å². The summed E-state index contributed by atoms with van der Waals surface area (Å²) in [6.45, 7) is 6.56. The lowest BCUT2D eigenvalue weighted by molar-refractivity contribution is -0.0554. The van der Waals surface area contributed by atoms with Crippen LogP contribution in [0.5, 0.6) is 5.75 Å². The molecule has 0 amide bonds. The third kappa shape index (κ3) is 3.62. The number of sulfonamides is 1. The van der Waals surface area contributed by atoms with Gasteiger partial charge in [-0.25, -0.2) is 13.4 Å². The van der Waals surface area contributed by atoms with Crippen molar-refractivity contribution in [3.05, 3.63) is 42.0 Å². The number of hydrogen-bond donors (Lipinski definition) is 2. The fraction of sp³-hybridized carbons (Fsp3) is 0.550. The number of rotatable bonds is 4. The van der Waals surface area contributed by atoms with Crippen LogP contribution in [-0.4, -0.2) is 52.3 Å². The van der Waals surface area contributed by atoms with Gasteiger partial charge >= 0.3 is 0 Å². The number of aliphatic hydroxyl groups is 1. The summed E-state index contributed by atoms with van der Waals surface area (Å²) < 4.78 is 35.6. The van der Waals surface area contributed by atoms with Crippen LogP contribution >= 0.6 is 0 Å². The zero-order valence-corrected chi connectivity index (χ0v) is 17.8. The number of nitrogens with one attached hydrogen (secondary N) is 1. The van der Waals surface area contributed by atoms with Crippen LogP contribution in [0.3, 0.4) is 0 Å². The highest BCUT2D eigenvalue weighted by atomic mass is 32.2. The number of benzene rings is 1. The van der Waals surface area contributed by atoms with E-state index in [-0.39, 0.29) is 4.90 Å². The first-order valence-corrected chi connectivity index (χ1v) is 11.4. The number of piperidine rings is 1. The number of aliphatic hydroxyl groups excluding tert-OH is 1. The van der Waals surface area contributed by atoms with E-state index in [0.29, 0.717) is 24.4 Å². The molecule has 1 aromatic heterocycles. The van der Waals surface area contributed by atoms with Crippen molar-refractivity contribution in [3.8, 4) is 5.75 Å². The van der Waals surface area contributed by atoms with Gasteiger partial charge < -0.3 is 15.3 Å². The van der Waals surface area contributed by atoms with Gasteiger partial charge in [-0.2, -0.15) is 4.31 Å². The molecule has 8 nitrogen and oxygen atoms in total. The molecule has 2 aromatic rings. The van der Waals surface area contributed by atoms with Crippen LogP contribution in [0.15, 0.2) is 35.5 Å². The Labute approximate surface area is 171 Å². The molecule has 2 aliphatic heterocycles. The molecule has 9 heteroatoms. The molecule has 3 heterocycles. The molecule has 0 bridgehead atoms. The summed E-state index contributed by atoms with van der Waals surface area (Å²) in [6.07, 6.45) is 5.34. The van der Waals surface area contributed by atoms with E-state index in [1.807, 2.05) is 20.8 Å². The smallest absolute Gasteiger partial charge is 0.243 e. The topological polar surface area (TPSA) is 96.7 Å². The van der Waals surface area contributed by atoms with Gasteiger partial charge in [0.2, 0.25) is 10.0 Å². The van der Waals surface area contributed by atoms with Crippen LogP contribution in [0, 0.1) is 6.92 Å². The molecule has 0 unspecified atom stereocenters. The van der Waals surface area contributed by atoms with Crippen molar-refractivity contribution in [3.63, 3.8) is 0 Å². The average Bonchev–Trinajstić information content (AvgIpc) is 3.10. The van der Waals surface area contributed by atoms with Crippen molar-refractivity contribution in [1.29, 1.82) is 0 Å². The fourth-order valence-electron chi connectivity index (χ4n) is 4.00. The average molecular weight is 421 g/mol. The summed E-state index contributed by atoms with van der Waals surface area (Å²) >= 11 is 0. The van der Waals surface area contributed by atoms with E-state index in [0.717, 1.165) is 25.1 Å². The molecule has 4 rings (SSSR count). The van der Waals surface area contributed by atoms with Crippen LogP contribution in [0.4, 0.5) is 0 Å². The van der Waals surface area contributed by atoms with Gasteiger partial charge in [0.05, 0.1) is 4.90 Å². The molecule has 158 valence electrons. The maximum absolute atomic E-state index is 13.1. The molecular weight excluding hydrogens is 392 g/mol. The van der Waals surface area contributed by atoms with E-state index >= 15 is 0 Å². The third-order valence-corrected chi connectivity index (χ3v) is 7.67. The van der Waals surface area contributed by atoms with E-state index in [1.54, 1.807) is 39.6 Å². The Morgan fingerprint density at radius 1 is 1.24 bits per heavy atom. The molecule has 29 heavy (non-hydrogen) atoms. The standard InChI is InChI=1S/C20H28N4O4S/c1-14-21-9-12-24(14)22-18-16-13-15(29(26,27)23-10-5-4-6-11-23)7-8-17(16)28-20(2,3)19(18)25/h7-9,12-13,18-19,22,25H,4-6,10-11H2,1-3H3/t18-,19+/m1/s1. The minimum Gasteiger partial charge on any atom is -0.485 e. The van der Waals surface area contributed by atoms with Crippen molar-refractivity contribution >= 4 is 10.0 Å². The van der Waals surface area contributed by atoms with E-state index < -0.39 is 27.8 Å². The number of aryl methyl sites for hydroxylation is 1. The van der Waals surface area contributed by atoms with Crippen molar-refractivity contribution in [2.24, 2.45) is 0 Å². The van der Waals surface area contributed by atoms with E-state index in [9.17, 15) is 13.5 Å². The lowest BCUT2D eigenvalue weighted by atomic mass is 9.87. The van der Waals surface area contributed by atoms with Gasteiger partial charge in [0, 0.05) is 31.0 Å². The Hall–Kier alpha value is -2.10. The Morgan fingerprint density at radius 2 is 1.97 bits per heavy atom. The van der Waals surface area contributed by atoms with E-state index in [4.69, 9.17) is 4.74 Å². The highest BCUT2D eigenvalue weighted by Crippen LogP contribution is 2.41. The number of fused-ring (bicyclic) bond motifs is 1. The Bertz CT molecular complexity index is 996. The van der Waals surface area contributed by atoms with Crippen LogP contribution in [0.1, 0.15) is 50.5 Å². The molecule has 0 radical (unpaired) electrons. The van der Waals surface area contributed by atoms with Crippen molar-refractivity contribution in [1.82, 2.24) is 14.0 Å². The number of aromatic nitrogens is 2. The molecular formula is C20H28N4O4S. The second-order valence-corrected chi connectivity index (χ2v) is 10.2. The second-order valence-electron chi connectivity index (χ2n) is 8.27. The predicted molar refractivity (Wildman–Crippen MR) is 109 cm³/mol. The van der Waals surface area contributed by atoms with E-state index in [1.165, 1.54) is 0 Å². The minimum absolute atomic E-state index is 0.225. The Kier molecular flexibility index (Phi) is 5.08. The molecule has 1 saturated heterocycles. The molecule has 0 saturated carbocycles. The molecule has 1 fully saturated rings. The summed E-state index contributed by atoms with van der Waals surface area (Å²) in [7, 11) is -3.59. The summed E-state index contributed by atoms with van der Waals surface area (Å²) in [5.74, 6) is 1.30. The van der Waals surface area contributed by atoms with Crippen molar-refractivity contribution in [2.45, 2.75) is 62.7 Å². The van der Waals surface area contributed by atoms with E-state index in [2.05, 4.69) is 10.4 Å². The Morgan fingerprint density at radius 3 is 2.62 bits per heavy atom. The predicted octanol–water partition coefficient (Wildman–Crippen LogP) is 2.18. The maximum Gasteiger partial charge on any atom is 0.243 e. The van der Waals surface area contributed by atoms with Crippen LogP contribution in [-0.2, 0) is 10.0 Å². The molecule has 1 aromatic carbocycles. The Balaban J connectivity index is 1.75. The van der Waals surface area contributed by atoms with Crippen LogP contribution in [0.2, 0.25) is 0 Å². The summed E-state index contributed by atoms with van der Waals surface area (Å²) in [5, 5.41) is 11.0. The number of hydrogen-bond acceptors (Lipinski definition) is 6. The minimum atomic E-state index is -3.59. The number of nitrogens with zero attached hydrogens (tertiary/aromatic N) is 3. The van der Waals surface area contributed by atoms with Crippen molar-refractivity contribution < 1.29 is 18.3 Å². The summed E-state index contributed by atoms with van der Waals surface area (Å²) in [4.78, 5) is 4.43. The van der Waals surface area contributed by atoms with Crippen LogP contribution < -0.4 is 10.2 Å². The first-order chi connectivity index (χ1) is 13.7. The summed E-state index contributed by atoms with van der Waals surface area (Å²) in [5.41, 5.74) is 3.04. The SMILES string of the molecule is Cc1nccn1N[C@@H]1c2cc(S(=O)(=O)N3CCCCC3)ccc2OC(C)(C)[C@H]1O. The molecule has 2 N–H and O–H groups in total. The van der Waals surface area contributed by atoms with Gasteiger partial charge in [-0.3, -0.25) is 4.68 Å². The molecule has 2 aliphatic rings. The van der Waals surface area contributed by atoms with Gasteiger partial charge in [0.25, 0.3) is 0 Å². The molecule has 0 aliphatic carbocycles. The van der Waals surface area contributed by atoms with Gasteiger partial charge in [-0.05, 0) is 51.8 Å². The third-order valence-electron chi connectivity index (χ3n) is 5.77. The largest absolute Gasteiger partial charge is 0.485 e. The summed E-state index contributed by atoms with van der Waals surface area (Å²) in [6, 6.07) is 4.35. The lowest BCUT2D eigenvalue weighted by Gasteiger charge is -2.42. The number of ether oxygens (including phenoxy) is 1. The molecule has 2 atom stereocenters. The van der Waals surface area contributed by atoms with Crippen molar-refractivity contribution in [2.75, 3.05) is 18.5 Å². The van der Waals surface area contributed by atoms with Gasteiger partial charge in [0.15, 0.2) is 0 Å². The fourth-order valence-corrected chi connectivity index (χ4v) is 5.55. The quantitative estimate of drug-likeness (QED) is 0.787. The monoisotopic (exact) mass is 420 g/mol. The van der Waals surface area contributed by atoms with Gasteiger partial charge in [-0.1, -0.05) is 6.42 Å². The second kappa shape index (κ2) is 7.30. The highest BCUT2D eigenvalue weighted by molar-refractivity contribution is 7.89. The maximum atomic E-state index is 13.1. The first kappa shape index (κ1) is 20.2. The molecule has 0 spiro atoms. The highest BCUT2D eigenvalue weighted by Gasteiger charge is 2.44. The van der Waals surface area contributed by atoms with Gasteiger partial charge in [-0.15, -0.1) is 0 Å². The van der Waals surface area contributed by atoms with Crippen LogP contribution in [0.25, 0.3) is 0 Å². The number of imidazole rings is 1. The lowest BCUT2D eigenvalue weighted by Crippen LogP contribution is -2.52. The first-order valence-electron chi connectivity index (χ1n) is 9.98. The zero-order valence-electron chi connectivity index (χ0n) is 17.0.